The van der Waals surface area contributed by atoms with Crippen molar-refractivity contribution in [3.05, 3.63) is 0 Å². The van der Waals surface area contributed by atoms with Crippen molar-refractivity contribution in [3.63, 3.8) is 0 Å². The van der Waals surface area contributed by atoms with Gasteiger partial charge in [-0.2, -0.15) is 0 Å². The van der Waals surface area contributed by atoms with Crippen molar-refractivity contribution >= 4 is 17.9 Å². The molecule has 0 aliphatic carbocycles. The maximum atomic E-state index is 11.4. The summed E-state index contributed by atoms with van der Waals surface area (Å²) >= 11 is 0. The van der Waals surface area contributed by atoms with Crippen molar-refractivity contribution in [2.75, 3.05) is 6.54 Å². The van der Waals surface area contributed by atoms with E-state index in [0.29, 0.717) is 12.5 Å². The van der Waals surface area contributed by atoms with E-state index < -0.39 is 23.9 Å². The molecule has 0 radical (unpaired) electrons. The van der Waals surface area contributed by atoms with Crippen LogP contribution in [0.4, 0.5) is 4.79 Å². The molecule has 5 N–H and O–H groups in total. The third-order valence-corrected chi connectivity index (χ3v) is 2.53. The van der Waals surface area contributed by atoms with E-state index in [1.165, 1.54) is 0 Å². The molecule has 1 atom stereocenters. The molecule has 0 saturated heterocycles. The third kappa shape index (κ3) is 9.87. The molecule has 0 bridgehead atoms. The second-order valence-corrected chi connectivity index (χ2v) is 4.83. The zero-order chi connectivity index (χ0) is 14.8. The highest BCUT2D eigenvalue weighted by Gasteiger charge is 2.20. The number of primary amides is 1. The van der Waals surface area contributed by atoms with Crippen molar-refractivity contribution in [2.24, 2.45) is 11.7 Å². The van der Waals surface area contributed by atoms with E-state index in [2.05, 4.69) is 24.5 Å². The van der Waals surface area contributed by atoms with E-state index in [-0.39, 0.29) is 12.8 Å². The Hall–Kier alpha value is -1.79. The fourth-order valence-electron chi connectivity index (χ4n) is 1.47. The fraction of sp³-hybridized carbons (Fsp3) is 0.750. The summed E-state index contributed by atoms with van der Waals surface area (Å²) in [5.41, 5.74) is 4.94. The van der Waals surface area contributed by atoms with Crippen LogP contribution in [0.2, 0.25) is 0 Å². The number of carbonyl (C=O) groups is 3. The fourth-order valence-corrected chi connectivity index (χ4v) is 1.47. The number of amides is 3. The van der Waals surface area contributed by atoms with Crippen molar-refractivity contribution in [1.29, 1.82) is 0 Å². The van der Waals surface area contributed by atoms with E-state index in [1.807, 2.05) is 0 Å². The van der Waals surface area contributed by atoms with Crippen LogP contribution in [0.1, 0.15) is 39.5 Å². The van der Waals surface area contributed by atoms with Crippen molar-refractivity contribution in [3.8, 4) is 0 Å². The highest BCUT2D eigenvalue weighted by Crippen LogP contribution is 2.02. The number of carbonyl (C=O) groups excluding carboxylic acids is 2. The van der Waals surface area contributed by atoms with E-state index in [9.17, 15) is 14.4 Å². The summed E-state index contributed by atoms with van der Waals surface area (Å²) < 4.78 is 0. The average molecular weight is 273 g/mol. The van der Waals surface area contributed by atoms with Gasteiger partial charge in [0.25, 0.3) is 0 Å². The molecule has 0 heterocycles. The highest BCUT2D eigenvalue weighted by atomic mass is 16.4. The molecule has 0 rings (SSSR count). The number of urea groups is 1. The van der Waals surface area contributed by atoms with Gasteiger partial charge in [0.1, 0.15) is 6.04 Å². The first-order valence-corrected chi connectivity index (χ1v) is 6.38. The summed E-state index contributed by atoms with van der Waals surface area (Å²) in [7, 11) is 0. The summed E-state index contributed by atoms with van der Waals surface area (Å²) in [5, 5.41) is 13.8. The number of carboxylic acids is 1. The molecular weight excluding hydrogens is 250 g/mol. The van der Waals surface area contributed by atoms with Gasteiger partial charge < -0.3 is 21.5 Å². The van der Waals surface area contributed by atoms with Crippen LogP contribution in [0.15, 0.2) is 0 Å². The number of aliphatic carboxylic acids is 1. The van der Waals surface area contributed by atoms with E-state index in [4.69, 9.17) is 10.8 Å². The number of hydrogen-bond acceptors (Lipinski definition) is 3. The molecule has 0 aromatic heterocycles. The Morgan fingerprint density at radius 3 is 2.32 bits per heavy atom. The van der Waals surface area contributed by atoms with Crippen LogP contribution in [-0.4, -0.2) is 35.6 Å². The van der Waals surface area contributed by atoms with E-state index >= 15 is 0 Å². The molecule has 3 amide bonds. The van der Waals surface area contributed by atoms with Crippen molar-refractivity contribution < 1.29 is 19.5 Å². The number of nitrogens with one attached hydrogen (secondary N) is 2. The largest absolute Gasteiger partial charge is 0.480 e. The average Bonchev–Trinajstić information content (AvgIpc) is 2.29. The zero-order valence-corrected chi connectivity index (χ0v) is 11.4. The quantitative estimate of drug-likeness (QED) is 0.455. The molecule has 0 saturated carbocycles. The Balaban J connectivity index is 3.96. The van der Waals surface area contributed by atoms with Gasteiger partial charge in [-0.05, 0) is 25.2 Å². The third-order valence-electron chi connectivity index (χ3n) is 2.53. The number of hydrogen-bond donors (Lipinski definition) is 4. The highest BCUT2D eigenvalue weighted by molar-refractivity contribution is 5.83. The topological polar surface area (TPSA) is 122 Å². The van der Waals surface area contributed by atoms with E-state index in [1.54, 1.807) is 0 Å². The minimum atomic E-state index is -1.18. The molecule has 19 heavy (non-hydrogen) atoms. The molecule has 7 nitrogen and oxygen atoms in total. The summed E-state index contributed by atoms with van der Waals surface area (Å²) in [5.74, 6) is -1.21. The minimum Gasteiger partial charge on any atom is -0.480 e. The molecule has 0 fully saturated rings. The summed E-state index contributed by atoms with van der Waals surface area (Å²) in [6.45, 7) is 4.67. The second-order valence-electron chi connectivity index (χ2n) is 4.83. The molecule has 0 unspecified atom stereocenters. The molecule has 7 heteroatoms. The lowest BCUT2D eigenvalue weighted by Crippen LogP contribution is -2.46. The first-order valence-electron chi connectivity index (χ1n) is 6.38. The number of rotatable bonds is 9. The smallest absolute Gasteiger partial charge is 0.326 e. The zero-order valence-electron chi connectivity index (χ0n) is 11.4. The summed E-state index contributed by atoms with van der Waals surface area (Å²) in [4.78, 5) is 32.9. The molecule has 0 aliphatic heterocycles. The van der Waals surface area contributed by atoms with Gasteiger partial charge in [0.15, 0.2) is 0 Å². The molecule has 110 valence electrons. The van der Waals surface area contributed by atoms with Gasteiger partial charge in [-0.1, -0.05) is 13.8 Å². The predicted octanol–water partition coefficient (Wildman–Crippen LogP) is 0.441. The Bertz CT molecular complexity index is 318. The Kier molecular flexibility index (Phi) is 8.32. The van der Waals surface area contributed by atoms with Crippen molar-refractivity contribution in [2.45, 2.75) is 45.6 Å². The molecule has 0 aliphatic rings. The lowest BCUT2D eigenvalue weighted by atomic mass is 10.1. The van der Waals surface area contributed by atoms with Gasteiger partial charge in [0.05, 0.1) is 0 Å². The van der Waals surface area contributed by atoms with Crippen LogP contribution < -0.4 is 16.4 Å². The maximum absolute atomic E-state index is 11.4. The first kappa shape index (κ1) is 17.2. The lowest BCUT2D eigenvalue weighted by Gasteiger charge is -2.14. The van der Waals surface area contributed by atoms with Crippen LogP contribution in [0.25, 0.3) is 0 Å². The SMILES string of the molecule is CC(C)CCCNC(=O)N[C@@H](CCC(N)=O)C(=O)O. The molecule has 0 spiro atoms. The lowest BCUT2D eigenvalue weighted by molar-refractivity contribution is -0.139. The number of nitrogens with two attached hydrogens (primary N) is 1. The van der Waals surface area contributed by atoms with Crippen LogP contribution >= 0.6 is 0 Å². The maximum Gasteiger partial charge on any atom is 0.326 e. The van der Waals surface area contributed by atoms with Gasteiger partial charge in [-0.25, -0.2) is 9.59 Å². The summed E-state index contributed by atoms with van der Waals surface area (Å²) in [6.07, 6.45) is 1.74. The van der Waals surface area contributed by atoms with Gasteiger partial charge >= 0.3 is 12.0 Å². The molecule has 0 aromatic rings. The van der Waals surface area contributed by atoms with Crippen molar-refractivity contribution in [1.82, 2.24) is 10.6 Å². The second kappa shape index (κ2) is 9.18. The molecular formula is C12H23N3O4. The Morgan fingerprint density at radius 1 is 1.21 bits per heavy atom. The molecule has 0 aromatic carbocycles. The van der Waals surface area contributed by atoms with Crippen LogP contribution in [0.3, 0.4) is 0 Å². The van der Waals surface area contributed by atoms with E-state index in [0.717, 1.165) is 12.8 Å². The standard InChI is InChI=1S/C12H23N3O4/c1-8(2)4-3-7-14-12(19)15-9(11(17)18)5-6-10(13)16/h8-9H,3-7H2,1-2H3,(H2,13,16)(H,17,18)(H2,14,15,19)/t9-/m0/s1. The monoisotopic (exact) mass is 273 g/mol. The van der Waals surface area contributed by atoms with Gasteiger partial charge in [0.2, 0.25) is 5.91 Å². The number of carboxylic acid groups (broad SMARTS) is 1. The van der Waals surface area contributed by atoms with Crippen LogP contribution in [0.5, 0.6) is 0 Å². The van der Waals surface area contributed by atoms with Crippen LogP contribution in [-0.2, 0) is 9.59 Å². The van der Waals surface area contributed by atoms with Gasteiger partial charge in [0, 0.05) is 13.0 Å². The van der Waals surface area contributed by atoms with Gasteiger partial charge in [-0.15, -0.1) is 0 Å². The Morgan fingerprint density at radius 2 is 1.84 bits per heavy atom. The summed E-state index contributed by atoms with van der Waals surface area (Å²) in [6, 6.07) is -1.64. The first-order chi connectivity index (χ1) is 8.82. The van der Waals surface area contributed by atoms with Gasteiger partial charge in [-0.3, -0.25) is 4.79 Å². The predicted molar refractivity (Wildman–Crippen MR) is 70.5 cm³/mol. The normalized spacial score (nSPS) is 11.9. The minimum absolute atomic E-state index is 0.00984. The van der Waals surface area contributed by atoms with Crippen LogP contribution in [0, 0.1) is 5.92 Å². The Labute approximate surface area is 112 Å².